The molecule has 152 valence electrons. The second kappa shape index (κ2) is 6.54. The first-order chi connectivity index (χ1) is 10.5. The van der Waals surface area contributed by atoms with Crippen molar-refractivity contribution in [1.29, 1.82) is 0 Å². The molecule has 0 aromatic carbocycles. The Balaban J connectivity index is 6.03. The number of alkyl halides is 16. The van der Waals surface area contributed by atoms with Crippen molar-refractivity contribution in [2.24, 2.45) is 0 Å². The molecule has 0 saturated heterocycles. The van der Waals surface area contributed by atoms with E-state index >= 15 is 0 Å². The van der Waals surface area contributed by atoms with E-state index in [9.17, 15) is 57.1 Å². The van der Waals surface area contributed by atoms with Crippen molar-refractivity contribution < 1.29 is 57.1 Å². The van der Waals surface area contributed by atoms with E-state index < -0.39 is 52.4 Å². The SMILES string of the molecule is FC(F)(F)C(F)(F)C(F)(F)C(F)(F)C(F)(F)C(F)(F)CCC(Cl)(Cl)Cl. The third-order valence-electron chi connectivity index (χ3n) is 2.72. The summed E-state index contributed by atoms with van der Waals surface area (Å²) in [6.07, 6.45) is -11.6. The fourth-order valence-corrected chi connectivity index (χ4v) is 1.54. The van der Waals surface area contributed by atoms with Crippen molar-refractivity contribution in [3.05, 3.63) is 0 Å². The molecule has 0 radical (unpaired) electrons. The fourth-order valence-electron chi connectivity index (χ4n) is 1.26. The summed E-state index contributed by atoms with van der Waals surface area (Å²) in [5, 5.41) is 0. The molecule has 0 amide bonds. The van der Waals surface area contributed by atoms with Gasteiger partial charge in [0.05, 0.1) is 0 Å². The lowest BCUT2D eigenvalue weighted by Gasteiger charge is -2.39. The Morgan fingerprint density at radius 1 is 0.440 bits per heavy atom. The Hall–Kier alpha value is -0.0400. The molecule has 0 N–H and O–H groups in total. The van der Waals surface area contributed by atoms with Crippen molar-refractivity contribution in [2.45, 2.75) is 52.4 Å². The summed E-state index contributed by atoms with van der Waals surface area (Å²) in [6.45, 7) is 0. The lowest BCUT2D eigenvalue weighted by Crippen LogP contribution is -2.70. The maximum atomic E-state index is 13.2. The topological polar surface area (TPSA) is 0 Å². The second-order valence-corrected chi connectivity index (χ2v) is 7.13. The predicted molar refractivity (Wildman–Crippen MR) is 60.3 cm³/mol. The van der Waals surface area contributed by atoms with Crippen LogP contribution in [0.5, 0.6) is 0 Å². The molecular formula is C9H4Cl3F13. The summed E-state index contributed by atoms with van der Waals surface area (Å²) in [5.74, 6) is -37.1. The highest BCUT2D eigenvalue weighted by Crippen LogP contribution is 2.61. The van der Waals surface area contributed by atoms with Gasteiger partial charge in [0.25, 0.3) is 0 Å². The van der Waals surface area contributed by atoms with Gasteiger partial charge in [0.2, 0.25) is 0 Å². The van der Waals surface area contributed by atoms with Crippen LogP contribution in [0.4, 0.5) is 57.1 Å². The highest BCUT2D eigenvalue weighted by atomic mass is 35.6. The number of rotatable bonds is 6. The summed E-state index contributed by atoms with van der Waals surface area (Å²) in [7, 11) is 0. The summed E-state index contributed by atoms with van der Waals surface area (Å²) in [6, 6.07) is 0. The van der Waals surface area contributed by atoms with Crippen LogP contribution in [-0.2, 0) is 0 Å². The largest absolute Gasteiger partial charge is 0.460 e. The van der Waals surface area contributed by atoms with Gasteiger partial charge in [-0.15, -0.1) is 0 Å². The molecule has 0 saturated carbocycles. The van der Waals surface area contributed by atoms with Crippen molar-refractivity contribution >= 4 is 34.8 Å². The van der Waals surface area contributed by atoms with Crippen molar-refractivity contribution in [3.8, 4) is 0 Å². The standard InChI is InChI=1S/C9H4Cl3F13/c10-4(11,12)2-1-3(13,14)5(15,16)6(17,18)7(19,20)8(21,22)9(23,24)25/h1-2H2. The van der Waals surface area contributed by atoms with E-state index in [0.717, 1.165) is 0 Å². The Kier molecular flexibility index (Phi) is 6.53. The van der Waals surface area contributed by atoms with Gasteiger partial charge in [0.15, 0.2) is 3.79 Å². The highest BCUT2D eigenvalue weighted by Gasteiger charge is 2.90. The normalized spacial score (nSPS) is 16.3. The van der Waals surface area contributed by atoms with Crippen LogP contribution in [0.3, 0.4) is 0 Å². The first-order valence-corrected chi connectivity index (χ1v) is 6.61. The zero-order valence-corrected chi connectivity index (χ0v) is 13.2. The Morgan fingerprint density at radius 3 is 1.04 bits per heavy atom. The monoisotopic (exact) mass is 464 g/mol. The minimum absolute atomic E-state index is 1.64. The molecule has 0 fully saturated rings. The van der Waals surface area contributed by atoms with Crippen LogP contribution in [0, 0.1) is 0 Å². The molecule has 16 heteroatoms. The summed E-state index contributed by atoms with van der Waals surface area (Å²) >= 11 is 14.6. The van der Waals surface area contributed by atoms with Crippen molar-refractivity contribution in [2.75, 3.05) is 0 Å². The van der Waals surface area contributed by atoms with Crippen LogP contribution in [0.1, 0.15) is 12.8 Å². The average molecular weight is 465 g/mol. The molecule has 0 aliphatic heterocycles. The van der Waals surface area contributed by atoms with E-state index in [0.29, 0.717) is 0 Å². The molecule has 0 aromatic rings. The molecule has 0 spiro atoms. The van der Waals surface area contributed by atoms with E-state index in [2.05, 4.69) is 0 Å². The van der Waals surface area contributed by atoms with E-state index in [1.165, 1.54) is 0 Å². The Bertz CT molecular complexity index is 476. The minimum Gasteiger partial charge on any atom is -0.200 e. The Morgan fingerprint density at radius 2 is 0.760 bits per heavy atom. The molecule has 0 aliphatic carbocycles. The summed E-state index contributed by atoms with van der Waals surface area (Å²) in [4.78, 5) is 0. The second-order valence-electron chi connectivity index (χ2n) is 4.61. The maximum absolute atomic E-state index is 13.2. The fraction of sp³-hybridized carbons (Fsp3) is 1.00. The third-order valence-corrected chi connectivity index (χ3v) is 3.29. The quantitative estimate of drug-likeness (QED) is 0.297. The van der Waals surface area contributed by atoms with Gasteiger partial charge in [0, 0.05) is 12.8 Å². The molecule has 0 aromatic heterocycles. The van der Waals surface area contributed by atoms with E-state index in [4.69, 9.17) is 34.8 Å². The number of hydrogen-bond donors (Lipinski definition) is 0. The first-order valence-electron chi connectivity index (χ1n) is 5.48. The highest BCUT2D eigenvalue weighted by molar-refractivity contribution is 6.67. The third kappa shape index (κ3) is 4.28. The maximum Gasteiger partial charge on any atom is 0.460 e. The number of hydrogen-bond acceptors (Lipinski definition) is 0. The van der Waals surface area contributed by atoms with Crippen LogP contribution < -0.4 is 0 Å². The van der Waals surface area contributed by atoms with E-state index in [1.54, 1.807) is 0 Å². The van der Waals surface area contributed by atoms with Gasteiger partial charge in [0.1, 0.15) is 0 Å². The molecule has 0 unspecified atom stereocenters. The van der Waals surface area contributed by atoms with E-state index in [1.807, 2.05) is 0 Å². The van der Waals surface area contributed by atoms with Gasteiger partial charge in [-0.1, -0.05) is 34.8 Å². The van der Waals surface area contributed by atoms with Crippen LogP contribution in [0.25, 0.3) is 0 Å². The zero-order valence-electron chi connectivity index (χ0n) is 11.0. The molecule has 0 nitrogen and oxygen atoms in total. The van der Waals surface area contributed by atoms with Gasteiger partial charge in [-0.25, -0.2) is 0 Å². The first kappa shape index (κ1) is 25.0. The predicted octanol–water partition coefficient (Wildman–Crippen LogP) is 6.88. The molecular weight excluding hydrogens is 461 g/mol. The van der Waals surface area contributed by atoms with Crippen LogP contribution in [-0.4, -0.2) is 39.6 Å². The summed E-state index contributed by atoms with van der Waals surface area (Å²) < 4.78 is 162. The van der Waals surface area contributed by atoms with Gasteiger partial charge < -0.3 is 0 Å². The van der Waals surface area contributed by atoms with E-state index in [-0.39, 0.29) is 0 Å². The van der Waals surface area contributed by atoms with Gasteiger partial charge in [-0.2, -0.15) is 57.1 Å². The summed E-state index contributed by atoms with van der Waals surface area (Å²) in [5.41, 5.74) is 0. The van der Waals surface area contributed by atoms with Crippen LogP contribution in [0.15, 0.2) is 0 Å². The lowest BCUT2D eigenvalue weighted by molar-refractivity contribution is -0.440. The van der Waals surface area contributed by atoms with Crippen LogP contribution >= 0.6 is 34.8 Å². The smallest absolute Gasteiger partial charge is 0.200 e. The Labute approximate surface area is 145 Å². The van der Waals surface area contributed by atoms with Gasteiger partial charge >= 0.3 is 35.8 Å². The van der Waals surface area contributed by atoms with Crippen molar-refractivity contribution in [3.63, 3.8) is 0 Å². The molecule has 0 atom stereocenters. The minimum atomic E-state index is -7.93. The number of halogens is 16. The lowest BCUT2D eigenvalue weighted by atomic mass is 9.92. The average Bonchev–Trinajstić information content (AvgIpc) is 2.33. The van der Waals surface area contributed by atoms with Gasteiger partial charge in [-0.05, 0) is 0 Å². The molecule has 0 bridgehead atoms. The molecule has 0 heterocycles. The van der Waals surface area contributed by atoms with Crippen LogP contribution in [0.2, 0.25) is 0 Å². The molecule has 0 rings (SSSR count). The van der Waals surface area contributed by atoms with Crippen molar-refractivity contribution in [1.82, 2.24) is 0 Å². The molecule has 0 aliphatic rings. The zero-order chi connectivity index (χ0) is 20.9. The van der Waals surface area contributed by atoms with Gasteiger partial charge in [-0.3, -0.25) is 0 Å². The molecule has 25 heavy (non-hydrogen) atoms.